The van der Waals surface area contributed by atoms with Crippen LogP contribution in [0.3, 0.4) is 0 Å². The molecule has 0 radical (unpaired) electrons. The van der Waals surface area contributed by atoms with Crippen LogP contribution in [0.1, 0.15) is 25.0 Å². The van der Waals surface area contributed by atoms with E-state index in [4.69, 9.17) is 4.42 Å². The van der Waals surface area contributed by atoms with Crippen LogP contribution in [-0.4, -0.2) is 4.98 Å². The second-order valence-corrected chi connectivity index (χ2v) is 12.4. The quantitative estimate of drug-likeness (QED) is 0.208. The van der Waals surface area contributed by atoms with Crippen molar-refractivity contribution >= 4 is 49.8 Å². The van der Waals surface area contributed by atoms with Crippen LogP contribution in [0, 0.1) is 0 Å². The minimum atomic E-state index is -0.107. The summed E-state index contributed by atoms with van der Waals surface area (Å²) in [4.78, 5) is 6.71. The van der Waals surface area contributed by atoms with E-state index in [1.807, 2.05) is 12.3 Å². The fourth-order valence-electron chi connectivity index (χ4n) is 7.32. The van der Waals surface area contributed by atoms with Crippen molar-refractivity contribution in [2.45, 2.75) is 19.3 Å². The molecule has 0 saturated carbocycles. The molecule has 1 aliphatic carbocycles. The van der Waals surface area contributed by atoms with Crippen LogP contribution in [0.5, 0.6) is 0 Å². The van der Waals surface area contributed by atoms with Crippen molar-refractivity contribution in [1.29, 1.82) is 0 Å². The monoisotopic (exact) mass is 578 g/mol. The average Bonchev–Trinajstić information content (AvgIpc) is 3.58. The van der Waals surface area contributed by atoms with Gasteiger partial charge in [-0.25, -0.2) is 0 Å². The minimum Gasteiger partial charge on any atom is -0.452 e. The van der Waals surface area contributed by atoms with Gasteiger partial charge in [-0.3, -0.25) is 4.98 Å². The van der Waals surface area contributed by atoms with Crippen molar-refractivity contribution < 1.29 is 4.42 Å². The SMILES string of the molecule is CC1(C)c2ccccc2-c2c(N(c3ccc(-c4ccc5ccccc5c4)cc3)c3cccc4c3oc3cnccc34)cccc21. The molecule has 0 saturated heterocycles. The molecule has 9 rings (SSSR count). The van der Waals surface area contributed by atoms with Crippen LogP contribution >= 0.6 is 0 Å². The van der Waals surface area contributed by atoms with E-state index in [1.54, 1.807) is 6.20 Å². The summed E-state index contributed by atoms with van der Waals surface area (Å²) in [6, 6.07) is 48.2. The lowest BCUT2D eigenvalue weighted by atomic mass is 9.82. The molecule has 0 unspecified atom stereocenters. The molecular formula is C42H30N2O. The second kappa shape index (κ2) is 9.67. The summed E-state index contributed by atoms with van der Waals surface area (Å²) in [6.07, 6.45) is 3.64. The Morgan fingerprint density at radius 3 is 2.22 bits per heavy atom. The van der Waals surface area contributed by atoms with Crippen molar-refractivity contribution in [1.82, 2.24) is 4.98 Å². The number of nitrogens with zero attached hydrogens (tertiary/aromatic N) is 2. The van der Waals surface area contributed by atoms with Crippen LogP contribution in [0.25, 0.3) is 55.0 Å². The Balaban J connectivity index is 1.28. The Hall–Kier alpha value is -5.67. The van der Waals surface area contributed by atoms with Gasteiger partial charge in [0, 0.05) is 33.6 Å². The predicted molar refractivity (Wildman–Crippen MR) is 187 cm³/mol. The van der Waals surface area contributed by atoms with Gasteiger partial charge in [-0.15, -0.1) is 0 Å². The summed E-state index contributed by atoms with van der Waals surface area (Å²) in [5.41, 5.74) is 12.4. The average molecular weight is 579 g/mol. The summed E-state index contributed by atoms with van der Waals surface area (Å²) >= 11 is 0. The number of hydrogen-bond acceptors (Lipinski definition) is 3. The van der Waals surface area contributed by atoms with Crippen LogP contribution < -0.4 is 4.90 Å². The van der Waals surface area contributed by atoms with E-state index in [0.29, 0.717) is 0 Å². The lowest BCUT2D eigenvalue weighted by Crippen LogP contribution is -2.16. The van der Waals surface area contributed by atoms with Gasteiger partial charge in [-0.1, -0.05) is 111 Å². The smallest absolute Gasteiger partial charge is 0.159 e. The lowest BCUT2D eigenvalue weighted by Gasteiger charge is -2.29. The van der Waals surface area contributed by atoms with Crippen molar-refractivity contribution in [3.8, 4) is 22.3 Å². The third kappa shape index (κ3) is 3.87. The van der Waals surface area contributed by atoms with Gasteiger partial charge in [0.25, 0.3) is 0 Å². The Morgan fingerprint density at radius 1 is 0.600 bits per heavy atom. The number of pyridine rings is 1. The number of aromatic nitrogens is 1. The maximum absolute atomic E-state index is 6.57. The molecule has 0 atom stereocenters. The maximum Gasteiger partial charge on any atom is 0.159 e. The summed E-state index contributed by atoms with van der Waals surface area (Å²) in [7, 11) is 0. The summed E-state index contributed by atoms with van der Waals surface area (Å²) in [5, 5.41) is 4.64. The molecule has 3 heteroatoms. The highest BCUT2D eigenvalue weighted by atomic mass is 16.3. The van der Waals surface area contributed by atoms with Gasteiger partial charge in [-0.05, 0) is 75.0 Å². The van der Waals surface area contributed by atoms with Crippen LogP contribution in [0.4, 0.5) is 17.1 Å². The standard InChI is InChI=1S/C42H30N2O/c1-42(2)35-13-6-5-11-34(35)40-36(42)14-8-15-37(40)44(38-16-7-12-33-32-23-24-43-26-39(32)45-41(33)38)31-21-19-28(20-22-31)30-18-17-27-9-3-4-10-29(27)25-30/h3-26H,1-2H3. The van der Waals surface area contributed by atoms with Gasteiger partial charge in [0.05, 0.1) is 17.6 Å². The maximum atomic E-state index is 6.57. The fraction of sp³-hybridized carbons (Fsp3) is 0.0714. The third-order valence-corrected chi connectivity index (χ3v) is 9.56. The van der Waals surface area contributed by atoms with Crippen molar-refractivity contribution in [2.75, 3.05) is 4.90 Å². The Bertz CT molecular complexity index is 2420. The number of benzene rings is 6. The Kier molecular flexibility index (Phi) is 5.54. The van der Waals surface area contributed by atoms with Gasteiger partial charge in [0.1, 0.15) is 0 Å². The minimum absolute atomic E-state index is 0.107. The zero-order chi connectivity index (χ0) is 30.1. The number of fused-ring (bicyclic) bond motifs is 7. The Labute approximate surface area is 262 Å². The zero-order valence-electron chi connectivity index (χ0n) is 25.2. The fourth-order valence-corrected chi connectivity index (χ4v) is 7.32. The van der Waals surface area contributed by atoms with Gasteiger partial charge >= 0.3 is 0 Å². The number of hydrogen-bond donors (Lipinski definition) is 0. The Morgan fingerprint density at radius 2 is 1.33 bits per heavy atom. The molecule has 45 heavy (non-hydrogen) atoms. The first-order valence-electron chi connectivity index (χ1n) is 15.5. The van der Waals surface area contributed by atoms with Gasteiger partial charge in [-0.2, -0.15) is 0 Å². The molecular weight excluding hydrogens is 548 g/mol. The number of furan rings is 1. The lowest BCUT2D eigenvalue weighted by molar-refractivity contribution is 0.660. The molecule has 1 aliphatic rings. The molecule has 0 N–H and O–H groups in total. The van der Waals surface area contributed by atoms with Crippen molar-refractivity contribution in [2.24, 2.45) is 0 Å². The molecule has 0 spiro atoms. The van der Waals surface area contributed by atoms with E-state index >= 15 is 0 Å². The number of anilines is 3. The van der Waals surface area contributed by atoms with E-state index in [1.165, 1.54) is 44.2 Å². The molecule has 0 amide bonds. The van der Waals surface area contributed by atoms with E-state index in [2.05, 4.69) is 151 Å². The number of rotatable bonds is 4. The molecule has 0 aliphatic heterocycles. The molecule has 3 nitrogen and oxygen atoms in total. The van der Waals surface area contributed by atoms with Crippen LogP contribution in [0.2, 0.25) is 0 Å². The van der Waals surface area contributed by atoms with Crippen LogP contribution in [0.15, 0.2) is 150 Å². The molecule has 8 aromatic rings. The first-order valence-corrected chi connectivity index (χ1v) is 15.5. The first kappa shape index (κ1) is 25.8. The first-order chi connectivity index (χ1) is 22.1. The normalized spacial score (nSPS) is 13.3. The summed E-state index contributed by atoms with van der Waals surface area (Å²) in [5.74, 6) is 0. The van der Waals surface area contributed by atoms with E-state index < -0.39 is 0 Å². The van der Waals surface area contributed by atoms with Gasteiger partial charge in [0.2, 0.25) is 0 Å². The molecule has 0 bridgehead atoms. The highest BCUT2D eigenvalue weighted by Gasteiger charge is 2.38. The highest BCUT2D eigenvalue weighted by molar-refractivity contribution is 6.11. The molecule has 2 aromatic heterocycles. The molecule has 2 heterocycles. The summed E-state index contributed by atoms with van der Waals surface area (Å²) in [6.45, 7) is 4.66. The van der Waals surface area contributed by atoms with Crippen LogP contribution in [-0.2, 0) is 5.41 Å². The topological polar surface area (TPSA) is 29.3 Å². The molecule has 0 fully saturated rings. The largest absolute Gasteiger partial charge is 0.452 e. The van der Waals surface area contributed by atoms with E-state index in [-0.39, 0.29) is 5.41 Å². The predicted octanol–water partition coefficient (Wildman–Crippen LogP) is 11.6. The van der Waals surface area contributed by atoms with Gasteiger partial charge in [0.15, 0.2) is 11.2 Å². The molecule has 6 aromatic carbocycles. The zero-order valence-corrected chi connectivity index (χ0v) is 25.2. The second-order valence-electron chi connectivity index (χ2n) is 12.4. The van der Waals surface area contributed by atoms with E-state index in [9.17, 15) is 0 Å². The van der Waals surface area contributed by atoms with Crippen molar-refractivity contribution in [3.63, 3.8) is 0 Å². The summed E-state index contributed by atoms with van der Waals surface area (Å²) < 4.78 is 6.57. The number of para-hydroxylation sites is 1. The van der Waals surface area contributed by atoms with Crippen molar-refractivity contribution in [3.05, 3.63) is 157 Å². The highest BCUT2D eigenvalue weighted by Crippen LogP contribution is 2.54. The van der Waals surface area contributed by atoms with Gasteiger partial charge < -0.3 is 9.32 Å². The molecule has 214 valence electrons. The third-order valence-electron chi connectivity index (χ3n) is 9.56. The van der Waals surface area contributed by atoms with E-state index in [0.717, 1.165) is 39.0 Å².